The van der Waals surface area contributed by atoms with Gasteiger partial charge in [0.2, 0.25) is 17.7 Å². The molecule has 0 aromatic carbocycles. The summed E-state index contributed by atoms with van der Waals surface area (Å²) < 4.78 is 1.52. The molecule has 1 rings (SSSR count). The lowest BCUT2D eigenvalue weighted by Gasteiger charge is -1.98. The SMILES string of the molecule is CC(=O)Nc1nc(O)cn1C. The molecule has 0 fully saturated rings. The molecule has 11 heavy (non-hydrogen) atoms. The lowest BCUT2D eigenvalue weighted by molar-refractivity contribution is -0.114. The monoisotopic (exact) mass is 155 g/mol. The van der Waals surface area contributed by atoms with E-state index >= 15 is 0 Å². The number of nitrogens with one attached hydrogen (secondary N) is 1. The highest BCUT2D eigenvalue weighted by Gasteiger charge is 2.03. The number of anilines is 1. The van der Waals surface area contributed by atoms with Crippen molar-refractivity contribution >= 4 is 11.9 Å². The Hall–Kier alpha value is -1.52. The Morgan fingerprint density at radius 1 is 1.82 bits per heavy atom. The zero-order valence-corrected chi connectivity index (χ0v) is 6.33. The zero-order valence-electron chi connectivity index (χ0n) is 6.33. The van der Waals surface area contributed by atoms with Gasteiger partial charge in [0.1, 0.15) is 0 Å². The fourth-order valence-electron chi connectivity index (χ4n) is 0.724. The number of aromatic nitrogens is 2. The van der Waals surface area contributed by atoms with Gasteiger partial charge in [0, 0.05) is 14.0 Å². The molecule has 0 spiro atoms. The molecule has 0 saturated carbocycles. The summed E-state index contributed by atoms with van der Waals surface area (Å²) in [6.07, 6.45) is 1.41. The van der Waals surface area contributed by atoms with Gasteiger partial charge in [-0.15, -0.1) is 0 Å². The molecule has 1 heterocycles. The smallest absolute Gasteiger partial charge is 0.231 e. The van der Waals surface area contributed by atoms with E-state index in [4.69, 9.17) is 5.11 Å². The van der Waals surface area contributed by atoms with Crippen LogP contribution in [0.2, 0.25) is 0 Å². The van der Waals surface area contributed by atoms with Crippen molar-refractivity contribution < 1.29 is 9.90 Å². The number of aryl methyl sites for hydroxylation is 1. The Bertz CT molecular complexity index is 279. The maximum Gasteiger partial charge on any atom is 0.231 e. The topological polar surface area (TPSA) is 67.2 Å². The molecule has 0 aliphatic carbocycles. The van der Waals surface area contributed by atoms with Gasteiger partial charge in [-0.2, -0.15) is 4.98 Å². The Kier molecular flexibility index (Phi) is 1.80. The minimum absolute atomic E-state index is 0.101. The summed E-state index contributed by atoms with van der Waals surface area (Å²) in [6.45, 7) is 1.38. The van der Waals surface area contributed by atoms with E-state index in [-0.39, 0.29) is 11.8 Å². The van der Waals surface area contributed by atoms with E-state index in [0.717, 1.165) is 0 Å². The highest BCUT2D eigenvalue weighted by molar-refractivity contribution is 5.86. The van der Waals surface area contributed by atoms with Crippen molar-refractivity contribution in [2.45, 2.75) is 6.92 Å². The average molecular weight is 155 g/mol. The largest absolute Gasteiger partial charge is 0.492 e. The molecular formula is C6H9N3O2. The Morgan fingerprint density at radius 3 is 2.82 bits per heavy atom. The van der Waals surface area contributed by atoms with E-state index in [1.165, 1.54) is 17.7 Å². The van der Waals surface area contributed by atoms with Crippen LogP contribution in [-0.4, -0.2) is 20.6 Å². The summed E-state index contributed by atoms with van der Waals surface area (Å²) >= 11 is 0. The van der Waals surface area contributed by atoms with E-state index in [1.807, 2.05) is 0 Å². The van der Waals surface area contributed by atoms with Crippen LogP contribution in [-0.2, 0) is 11.8 Å². The van der Waals surface area contributed by atoms with Gasteiger partial charge in [-0.25, -0.2) is 0 Å². The third-order valence-corrected chi connectivity index (χ3v) is 1.15. The molecule has 1 amide bonds. The van der Waals surface area contributed by atoms with Gasteiger partial charge in [0.15, 0.2) is 0 Å². The normalized spacial score (nSPS) is 9.64. The summed E-state index contributed by atoms with van der Waals surface area (Å²) in [4.78, 5) is 14.2. The van der Waals surface area contributed by atoms with Crippen LogP contribution in [0.25, 0.3) is 0 Å². The number of nitrogens with zero attached hydrogens (tertiary/aromatic N) is 2. The van der Waals surface area contributed by atoms with Gasteiger partial charge in [0.05, 0.1) is 6.20 Å². The third-order valence-electron chi connectivity index (χ3n) is 1.15. The first-order chi connectivity index (χ1) is 5.09. The summed E-state index contributed by atoms with van der Waals surface area (Å²) in [5, 5.41) is 11.3. The average Bonchev–Trinajstić information content (AvgIpc) is 2.09. The first-order valence-electron chi connectivity index (χ1n) is 3.09. The zero-order chi connectivity index (χ0) is 8.43. The van der Waals surface area contributed by atoms with Gasteiger partial charge in [-0.05, 0) is 0 Å². The second-order valence-corrected chi connectivity index (χ2v) is 2.21. The number of rotatable bonds is 1. The maximum absolute atomic E-state index is 10.5. The van der Waals surface area contributed by atoms with Gasteiger partial charge >= 0.3 is 0 Å². The molecule has 0 saturated heterocycles. The lowest BCUT2D eigenvalue weighted by atomic mass is 10.7. The number of amides is 1. The number of hydrogen-bond donors (Lipinski definition) is 2. The molecule has 0 radical (unpaired) electrons. The molecular weight excluding hydrogens is 146 g/mol. The van der Waals surface area contributed by atoms with E-state index in [1.54, 1.807) is 7.05 Å². The van der Waals surface area contributed by atoms with Crippen molar-refractivity contribution in [2.24, 2.45) is 7.05 Å². The van der Waals surface area contributed by atoms with Crippen molar-refractivity contribution in [3.63, 3.8) is 0 Å². The highest BCUT2D eigenvalue weighted by atomic mass is 16.3. The van der Waals surface area contributed by atoms with Crippen LogP contribution in [0.3, 0.4) is 0 Å². The number of aromatic hydroxyl groups is 1. The number of carbonyl (C=O) groups excluding carboxylic acids is 1. The van der Waals surface area contributed by atoms with E-state index in [0.29, 0.717) is 5.95 Å². The second kappa shape index (κ2) is 2.61. The third kappa shape index (κ3) is 1.70. The Morgan fingerprint density at radius 2 is 2.45 bits per heavy atom. The Labute approximate surface area is 63.7 Å². The van der Waals surface area contributed by atoms with E-state index < -0.39 is 0 Å². The molecule has 0 aliphatic heterocycles. The van der Waals surface area contributed by atoms with Crippen LogP contribution in [0.15, 0.2) is 6.20 Å². The molecule has 2 N–H and O–H groups in total. The molecule has 0 atom stereocenters. The van der Waals surface area contributed by atoms with Crippen LogP contribution in [0.4, 0.5) is 5.95 Å². The number of imidazole rings is 1. The minimum atomic E-state index is -0.210. The van der Waals surface area contributed by atoms with Crippen LogP contribution in [0.1, 0.15) is 6.92 Å². The molecule has 5 nitrogen and oxygen atoms in total. The van der Waals surface area contributed by atoms with Crippen molar-refractivity contribution in [3.05, 3.63) is 6.20 Å². The highest BCUT2D eigenvalue weighted by Crippen LogP contribution is 2.10. The molecule has 1 aromatic heterocycles. The van der Waals surface area contributed by atoms with Crippen molar-refractivity contribution in [1.82, 2.24) is 9.55 Å². The first kappa shape index (κ1) is 7.59. The predicted octanol–water partition coefficient (Wildman–Crippen LogP) is 0.0841. The molecule has 1 aromatic rings. The van der Waals surface area contributed by atoms with Crippen LogP contribution < -0.4 is 5.32 Å². The Balaban J connectivity index is 2.85. The van der Waals surface area contributed by atoms with Crippen molar-refractivity contribution in [2.75, 3.05) is 5.32 Å². The molecule has 60 valence electrons. The molecule has 0 unspecified atom stereocenters. The van der Waals surface area contributed by atoms with Crippen molar-refractivity contribution in [1.29, 1.82) is 0 Å². The van der Waals surface area contributed by atoms with Crippen LogP contribution >= 0.6 is 0 Å². The molecule has 0 bridgehead atoms. The minimum Gasteiger partial charge on any atom is -0.492 e. The standard InChI is InChI=1S/C6H9N3O2/c1-4(10)7-6-8-5(11)3-9(6)2/h3,11H,1-2H3,(H,7,8,10). The van der Waals surface area contributed by atoms with E-state index in [9.17, 15) is 4.79 Å². The quantitative estimate of drug-likeness (QED) is 0.603. The first-order valence-corrected chi connectivity index (χ1v) is 3.09. The fraction of sp³-hybridized carbons (Fsp3) is 0.333. The predicted molar refractivity (Wildman–Crippen MR) is 39.2 cm³/mol. The van der Waals surface area contributed by atoms with Crippen LogP contribution in [0.5, 0.6) is 5.88 Å². The van der Waals surface area contributed by atoms with Crippen molar-refractivity contribution in [3.8, 4) is 5.88 Å². The molecule has 5 heteroatoms. The maximum atomic E-state index is 10.5. The molecule has 0 aliphatic rings. The number of hydrogen-bond acceptors (Lipinski definition) is 3. The lowest BCUT2D eigenvalue weighted by Crippen LogP contribution is -2.09. The summed E-state index contributed by atoms with van der Waals surface area (Å²) in [7, 11) is 1.68. The fourth-order valence-corrected chi connectivity index (χ4v) is 0.724. The van der Waals surface area contributed by atoms with E-state index in [2.05, 4.69) is 10.3 Å². The van der Waals surface area contributed by atoms with Crippen LogP contribution in [0, 0.1) is 0 Å². The summed E-state index contributed by atoms with van der Waals surface area (Å²) in [5.41, 5.74) is 0. The summed E-state index contributed by atoms with van der Waals surface area (Å²) in [6, 6.07) is 0. The van der Waals surface area contributed by atoms with Gasteiger partial charge < -0.3 is 9.67 Å². The summed E-state index contributed by atoms with van der Waals surface area (Å²) in [5.74, 6) is 0.0324. The second-order valence-electron chi connectivity index (χ2n) is 2.21. The van der Waals surface area contributed by atoms with Gasteiger partial charge in [0.25, 0.3) is 0 Å². The van der Waals surface area contributed by atoms with Gasteiger partial charge in [-0.3, -0.25) is 10.1 Å². The number of carbonyl (C=O) groups is 1. The van der Waals surface area contributed by atoms with Gasteiger partial charge in [-0.1, -0.05) is 0 Å².